The van der Waals surface area contributed by atoms with Crippen LogP contribution in [0.2, 0.25) is 0 Å². The van der Waals surface area contributed by atoms with E-state index >= 15 is 0 Å². The number of aryl methyl sites for hydroxylation is 1. The van der Waals surface area contributed by atoms with Gasteiger partial charge in [-0.1, -0.05) is 29.8 Å². The quantitative estimate of drug-likeness (QED) is 0.721. The highest BCUT2D eigenvalue weighted by molar-refractivity contribution is 5.24. The second kappa shape index (κ2) is 4.14. The lowest BCUT2D eigenvalue weighted by molar-refractivity contribution is 0.122. The van der Waals surface area contributed by atoms with Crippen molar-refractivity contribution in [2.24, 2.45) is 0 Å². The summed E-state index contributed by atoms with van der Waals surface area (Å²) >= 11 is 0. The summed E-state index contributed by atoms with van der Waals surface area (Å²) in [5.41, 5.74) is 2.77. The second-order valence-corrected chi connectivity index (χ2v) is 4.42. The van der Waals surface area contributed by atoms with E-state index in [1.807, 2.05) is 0 Å². The van der Waals surface area contributed by atoms with E-state index in [0.29, 0.717) is 5.92 Å². The van der Waals surface area contributed by atoms with E-state index in [0.717, 1.165) is 25.7 Å². The molecule has 0 radical (unpaired) electrons. The van der Waals surface area contributed by atoms with Crippen LogP contribution in [0.3, 0.4) is 0 Å². The maximum atomic E-state index is 9.42. The van der Waals surface area contributed by atoms with E-state index in [1.54, 1.807) is 0 Å². The molecule has 76 valence electrons. The summed E-state index contributed by atoms with van der Waals surface area (Å²) in [5, 5.41) is 9.42. The number of aliphatic hydroxyl groups excluding tert-OH is 1. The Kier molecular flexibility index (Phi) is 2.87. The first-order chi connectivity index (χ1) is 6.75. The van der Waals surface area contributed by atoms with Gasteiger partial charge in [0.1, 0.15) is 0 Å². The molecule has 1 saturated carbocycles. The third-order valence-electron chi connectivity index (χ3n) is 3.25. The number of benzene rings is 1. The number of rotatable bonds is 1. The molecule has 1 aromatic rings. The molecular weight excluding hydrogens is 172 g/mol. The summed E-state index contributed by atoms with van der Waals surface area (Å²) in [6.45, 7) is 2.12. The first-order valence-electron chi connectivity index (χ1n) is 5.50. The van der Waals surface area contributed by atoms with E-state index < -0.39 is 0 Å². The van der Waals surface area contributed by atoms with Gasteiger partial charge in [0, 0.05) is 0 Å². The van der Waals surface area contributed by atoms with Crippen LogP contribution in [-0.2, 0) is 0 Å². The molecule has 0 heterocycles. The zero-order chi connectivity index (χ0) is 9.97. The Bertz CT molecular complexity index is 281. The van der Waals surface area contributed by atoms with Crippen molar-refractivity contribution in [2.45, 2.75) is 44.6 Å². The minimum absolute atomic E-state index is 0.0447. The fourth-order valence-corrected chi connectivity index (χ4v) is 2.25. The van der Waals surface area contributed by atoms with Gasteiger partial charge in [0.2, 0.25) is 0 Å². The number of aliphatic hydroxyl groups is 1. The van der Waals surface area contributed by atoms with Crippen LogP contribution >= 0.6 is 0 Å². The molecule has 1 aliphatic rings. The van der Waals surface area contributed by atoms with Crippen LogP contribution in [0, 0.1) is 6.92 Å². The highest BCUT2D eigenvalue weighted by Gasteiger charge is 2.20. The van der Waals surface area contributed by atoms with Gasteiger partial charge >= 0.3 is 0 Å². The Morgan fingerprint density at radius 1 is 1.00 bits per heavy atom. The fourth-order valence-electron chi connectivity index (χ4n) is 2.25. The summed E-state index contributed by atoms with van der Waals surface area (Å²) in [6, 6.07) is 8.83. The van der Waals surface area contributed by atoms with Crippen LogP contribution in [0.1, 0.15) is 42.7 Å². The Morgan fingerprint density at radius 2 is 1.57 bits per heavy atom. The van der Waals surface area contributed by atoms with Crippen LogP contribution in [0.25, 0.3) is 0 Å². The minimum atomic E-state index is -0.0447. The zero-order valence-electron chi connectivity index (χ0n) is 8.74. The van der Waals surface area contributed by atoms with Crippen molar-refractivity contribution in [3.63, 3.8) is 0 Å². The summed E-state index contributed by atoms with van der Waals surface area (Å²) in [7, 11) is 0. The molecule has 0 saturated heterocycles. The fraction of sp³-hybridized carbons (Fsp3) is 0.538. The van der Waals surface area contributed by atoms with Crippen LogP contribution in [0.4, 0.5) is 0 Å². The van der Waals surface area contributed by atoms with Crippen LogP contribution in [0.5, 0.6) is 0 Å². The van der Waals surface area contributed by atoms with Gasteiger partial charge in [-0.25, -0.2) is 0 Å². The molecule has 0 amide bonds. The van der Waals surface area contributed by atoms with E-state index in [2.05, 4.69) is 31.2 Å². The minimum Gasteiger partial charge on any atom is -0.393 e. The van der Waals surface area contributed by atoms with Crippen molar-refractivity contribution >= 4 is 0 Å². The molecule has 0 aliphatic heterocycles. The van der Waals surface area contributed by atoms with Crippen LogP contribution in [-0.4, -0.2) is 11.2 Å². The Morgan fingerprint density at radius 3 is 2.14 bits per heavy atom. The van der Waals surface area contributed by atoms with Gasteiger partial charge in [-0.05, 0) is 44.1 Å². The van der Waals surface area contributed by atoms with Gasteiger partial charge in [-0.2, -0.15) is 0 Å². The maximum absolute atomic E-state index is 9.42. The molecule has 1 N–H and O–H groups in total. The normalized spacial score (nSPS) is 27.6. The Labute approximate surface area is 85.8 Å². The molecule has 2 rings (SSSR count). The average Bonchev–Trinajstić information content (AvgIpc) is 2.21. The van der Waals surface area contributed by atoms with Crippen molar-refractivity contribution in [2.75, 3.05) is 0 Å². The molecule has 0 aromatic heterocycles. The average molecular weight is 190 g/mol. The highest BCUT2D eigenvalue weighted by atomic mass is 16.3. The number of hydrogen-bond donors (Lipinski definition) is 1. The SMILES string of the molecule is Cc1ccc(C2CCC(O)CC2)cc1. The zero-order valence-corrected chi connectivity index (χ0v) is 8.74. The molecule has 1 fully saturated rings. The third-order valence-corrected chi connectivity index (χ3v) is 3.25. The molecule has 0 spiro atoms. The summed E-state index contributed by atoms with van der Waals surface area (Å²) in [5.74, 6) is 0.680. The van der Waals surface area contributed by atoms with Crippen molar-refractivity contribution < 1.29 is 5.11 Å². The van der Waals surface area contributed by atoms with Gasteiger partial charge in [-0.3, -0.25) is 0 Å². The van der Waals surface area contributed by atoms with Gasteiger partial charge in [0.15, 0.2) is 0 Å². The largest absolute Gasteiger partial charge is 0.393 e. The van der Waals surface area contributed by atoms with Gasteiger partial charge in [-0.15, -0.1) is 0 Å². The topological polar surface area (TPSA) is 20.2 Å². The lowest BCUT2D eigenvalue weighted by Crippen LogP contribution is -2.16. The van der Waals surface area contributed by atoms with Gasteiger partial charge < -0.3 is 5.11 Å². The van der Waals surface area contributed by atoms with Crippen molar-refractivity contribution in [3.05, 3.63) is 35.4 Å². The summed E-state index contributed by atoms with van der Waals surface area (Å²) in [4.78, 5) is 0. The molecule has 0 unspecified atom stereocenters. The number of hydrogen-bond acceptors (Lipinski definition) is 1. The third kappa shape index (κ3) is 2.16. The predicted octanol–water partition coefficient (Wildman–Crippen LogP) is 3.01. The molecule has 1 aliphatic carbocycles. The Hall–Kier alpha value is -0.820. The van der Waals surface area contributed by atoms with Gasteiger partial charge in [0.05, 0.1) is 6.10 Å². The molecular formula is C13H18O. The molecule has 1 heteroatoms. The summed E-state index contributed by atoms with van der Waals surface area (Å²) < 4.78 is 0. The first kappa shape index (κ1) is 9.72. The lowest BCUT2D eigenvalue weighted by atomic mass is 9.83. The summed E-state index contributed by atoms with van der Waals surface area (Å²) in [6.07, 6.45) is 4.18. The smallest absolute Gasteiger partial charge is 0.0540 e. The van der Waals surface area contributed by atoms with E-state index in [4.69, 9.17) is 0 Å². The molecule has 1 aromatic carbocycles. The monoisotopic (exact) mass is 190 g/mol. The van der Waals surface area contributed by atoms with E-state index in [9.17, 15) is 5.11 Å². The standard InChI is InChI=1S/C13H18O/c1-10-2-4-11(5-3-10)12-6-8-13(14)9-7-12/h2-5,12-14H,6-9H2,1H3. The van der Waals surface area contributed by atoms with Crippen molar-refractivity contribution in [1.82, 2.24) is 0 Å². The van der Waals surface area contributed by atoms with E-state index in [1.165, 1.54) is 11.1 Å². The molecule has 1 nitrogen and oxygen atoms in total. The highest BCUT2D eigenvalue weighted by Crippen LogP contribution is 2.32. The van der Waals surface area contributed by atoms with Crippen molar-refractivity contribution in [1.29, 1.82) is 0 Å². The van der Waals surface area contributed by atoms with Gasteiger partial charge in [0.25, 0.3) is 0 Å². The van der Waals surface area contributed by atoms with Crippen molar-refractivity contribution in [3.8, 4) is 0 Å². The lowest BCUT2D eigenvalue weighted by Gasteiger charge is -2.25. The van der Waals surface area contributed by atoms with Crippen LogP contribution in [0.15, 0.2) is 24.3 Å². The molecule has 0 bridgehead atoms. The maximum Gasteiger partial charge on any atom is 0.0540 e. The second-order valence-electron chi connectivity index (χ2n) is 4.42. The van der Waals surface area contributed by atoms with Crippen LogP contribution < -0.4 is 0 Å². The molecule has 0 atom stereocenters. The van der Waals surface area contributed by atoms with E-state index in [-0.39, 0.29) is 6.10 Å². The first-order valence-corrected chi connectivity index (χ1v) is 5.50. The molecule has 14 heavy (non-hydrogen) atoms. The predicted molar refractivity (Wildman–Crippen MR) is 58.4 cm³/mol. The Balaban J connectivity index is 2.05.